The third-order valence-corrected chi connectivity index (χ3v) is 6.11. The van der Waals surface area contributed by atoms with Crippen molar-refractivity contribution in [3.05, 3.63) is 78.6 Å². The van der Waals surface area contributed by atoms with E-state index in [1.165, 1.54) is 18.2 Å². The molecule has 1 saturated heterocycles. The summed E-state index contributed by atoms with van der Waals surface area (Å²) in [6.45, 7) is 4.64. The topological polar surface area (TPSA) is 125 Å². The Labute approximate surface area is 219 Å². The maximum atomic E-state index is 12.9. The maximum absolute atomic E-state index is 12.9. The molecule has 0 radical (unpaired) electrons. The lowest BCUT2D eigenvalue weighted by Crippen LogP contribution is -2.30. The van der Waals surface area contributed by atoms with Gasteiger partial charge in [0.05, 0.1) is 5.56 Å². The SMILES string of the molecule is C=CC(=O)N1CC[C@@H](Nc2n[nH]c3nccc(Oc4ccc(C(=O)Nc5cc(C(F)(F)F)ccn5)cc4)c23)C1. The number of benzene rings is 1. The average Bonchev–Trinajstić information content (AvgIpc) is 3.56. The zero-order chi connectivity index (χ0) is 27.6. The number of halogens is 3. The molecule has 1 fully saturated rings. The molecule has 4 aromatic rings. The second-order valence-corrected chi connectivity index (χ2v) is 8.73. The highest BCUT2D eigenvalue weighted by Crippen LogP contribution is 2.34. The highest BCUT2D eigenvalue weighted by Gasteiger charge is 2.31. The molecule has 0 aliphatic carbocycles. The van der Waals surface area contributed by atoms with Gasteiger partial charge >= 0.3 is 6.18 Å². The number of carbonyl (C=O) groups excluding carboxylic acids is 2. The predicted molar refractivity (Wildman–Crippen MR) is 136 cm³/mol. The summed E-state index contributed by atoms with van der Waals surface area (Å²) in [7, 11) is 0. The van der Waals surface area contributed by atoms with Gasteiger partial charge < -0.3 is 20.3 Å². The van der Waals surface area contributed by atoms with Crippen LogP contribution < -0.4 is 15.4 Å². The molecule has 0 unspecified atom stereocenters. The standard InChI is InChI=1S/C26H22F3N7O3/c1-2-21(37)36-12-9-17(14-36)32-24-22-19(8-11-31-23(22)34-35-24)39-18-5-3-15(4-6-18)25(38)33-20-13-16(7-10-30-20)26(27,28)29/h2-8,10-11,13,17H,1,9,12,14H2,(H,30,33,38)(H2,31,32,34,35)/t17-/m1/s1. The third-order valence-electron chi connectivity index (χ3n) is 6.11. The number of H-pyrrole nitrogens is 1. The number of hydrogen-bond acceptors (Lipinski definition) is 7. The van der Waals surface area contributed by atoms with Crippen molar-refractivity contribution in [2.45, 2.75) is 18.6 Å². The molecule has 3 aromatic heterocycles. The molecular formula is C26H22F3N7O3. The summed E-state index contributed by atoms with van der Waals surface area (Å²) in [6.07, 6.45) is 0.0202. The van der Waals surface area contributed by atoms with E-state index in [0.29, 0.717) is 41.4 Å². The van der Waals surface area contributed by atoms with Gasteiger partial charge in [-0.3, -0.25) is 14.7 Å². The number of hydrogen-bond donors (Lipinski definition) is 3. The van der Waals surface area contributed by atoms with E-state index in [1.54, 1.807) is 29.3 Å². The Bertz CT molecular complexity index is 1540. The first-order valence-electron chi connectivity index (χ1n) is 11.8. The van der Waals surface area contributed by atoms with Gasteiger partial charge in [0.15, 0.2) is 11.5 Å². The van der Waals surface area contributed by atoms with Crippen LogP contribution in [-0.2, 0) is 11.0 Å². The van der Waals surface area contributed by atoms with Gasteiger partial charge in [-0.2, -0.15) is 18.3 Å². The summed E-state index contributed by atoms with van der Waals surface area (Å²) >= 11 is 0. The van der Waals surface area contributed by atoms with Crippen LogP contribution in [0.1, 0.15) is 22.3 Å². The van der Waals surface area contributed by atoms with Gasteiger partial charge in [-0.05, 0) is 48.9 Å². The fourth-order valence-electron chi connectivity index (χ4n) is 4.18. The monoisotopic (exact) mass is 537 g/mol. The summed E-state index contributed by atoms with van der Waals surface area (Å²) in [5, 5.41) is 13.5. The summed E-state index contributed by atoms with van der Waals surface area (Å²) in [5.41, 5.74) is -0.215. The maximum Gasteiger partial charge on any atom is 0.416 e. The second kappa shape index (κ2) is 10.4. The number of aromatic amines is 1. The van der Waals surface area contributed by atoms with E-state index >= 15 is 0 Å². The zero-order valence-electron chi connectivity index (χ0n) is 20.3. The number of aromatic nitrogens is 4. The predicted octanol–water partition coefficient (Wildman–Crippen LogP) is 4.62. The van der Waals surface area contributed by atoms with Crippen molar-refractivity contribution < 1.29 is 27.5 Å². The Kier molecular flexibility index (Phi) is 6.88. The number of nitrogens with zero attached hydrogens (tertiary/aromatic N) is 4. The number of ether oxygens (including phenoxy) is 1. The van der Waals surface area contributed by atoms with Crippen molar-refractivity contribution in [3.63, 3.8) is 0 Å². The fraction of sp³-hybridized carbons (Fsp3) is 0.192. The molecule has 0 bridgehead atoms. The van der Waals surface area contributed by atoms with Gasteiger partial charge in [-0.15, -0.1) is 0 Å². The molecule has 39 heavy (non-hydrogen) atoms. The Morgan fingerprint density at radius 1 is 1.13 bits per heavy atom. The van der Waals surface area contributed by atoms with Gasteiger partial charge in [0.2, 0.25) is 5.91 Å². The number of rotatable bonds is 7. The van der Waals surface area contributed by atoms with Crippen LogP contribution in [-0.4, -0.2) is 56.0 Å². The molecule has 2 amide bonds. The van der Waals surface area contributed by atoms with E-state index in [-0.39, 0.29) is 23.3 Å². The number of amides is 2. The number of nitrogens with one attached hydrogen (secondary N) is 3. The molecule has 0 saturated carbocycles. The summed E-state index contributed by atoms with van der Waals surface area (Å²) in [4.78, 5) is 34.2. The van der Waals surface area contributed by atoms with Gasteiger partial charge in [0, 0.05) is 43.2 Å². The number of fused-ring (bicyclic) bond motifs is 1. The quantitative estimate of drug-likeness (QED) is 0.294. The first-order chi connectivity index (χ1) is 18.7. The number of likely N-dealkylation sites (tertiary alicyclic amines) is 1. The Balaban J connectivity index is 1.29. The zero-order valence-corrected chi connectivity index (χ0v) is 20.3. The van der Waals surface area contributed by atoms with Crippen LogP contribution in [0.2, 0.25) is 0 Å². The molecular weight excluding hydrogens is 515 g/mol. The molecule has 1 aliphatic rings. The molecule has 10 nitrogen and oxygen atoms in total. The van der Waals surface area contributed by atoms with Crippen LogP contribution in [0.25, 0.3) is 11.0 Å². The van der Waals surface area contributed by atoms with E-state index < -0.39 is 17.6 Å². The van der Waals surface area contributed by atoms with Crippen LogP contribution >= 0.6 is 0 Å². The highest BCUT2D eigenvalue weighted by molar-refractivity contribution is 6.03. The molecule has 1 aromatic carbocycles. The number of alkyl halides is 3. The molecule has 5 rings (SSSR count). The first kappa shape index (κ1) is 25.7. The molecule has 4 heterocycles. The van der Waals surface area contributed by atoms with Crippen molar-refractivity contribution in [1.82, 2.24) is 25.1 Å². The van der Waals surface area contributed by atoms with E-state index in [1.807, 2.05) is 0 Å². The third kappa shape index (κ3) is 5.66. The normalized spacial score (nSPS) is 15.3. The number of anilines is 2. The molecule has 13 heteroatoms. The molecule has 1 atom stereocenters. The van der Waals surface area contributed by atoms with Crippen molar-refractivity contribution in [2.24, 2.45) is 0 Å². The fourth-order valence-corrected chi connectivity index (χ4v) is 4.18. The minimum atomic E-state index is -4.55. The smallest absolute Gasteiger partial charge is 0.416 e. The minimum absolute atomic E-state index is 0.0161. The van der Waals surface area contributed by atoms with Crippen LogP contribution in [0.5, 0.6) is 11.5 Å². The van der Waals surface area contributed by atoms with Crippen LogP contribution in [0.15, 0.2) is 67.5 Å². The lowest BCUT2D eigenvalue weighted by Gasteiger charge is -2.15. The summed E-state index contributed by atoms with van der Waals surface area (Å²) < 4.78 is 44.8. The Morgan fingerprint density at radius 3 is 2.64 bits per heavy atom. The Morgan fingerprint density at radius 2 is 1.90 bits per heavy atom. The van der Waals surface area contributed by atoms with E-state index in [0.717, 1.165) is 24.8 Å². The summed E-state index contributed by atoms with van der Waals surface area (Å²) in [6, 6.07) is 9.33. The number of pyridine rings is 2. The summed E-state index contributed by atoms with van der Waals surface area (Å²) in [5.74, 6) is 0.427. The first-order valence-corrected chi connectivity index (χ1v) is 11.8. The second-order valence-electron chi connectivity index (χ2n) is 8.73. The lowest BCUT2D eigenvalue weighted by atomic mass is 10.2. The number of carbonyl (C=O) groups is 2. The lowest BCUT2D eigenvalue weighted by molar-refractivity contribution is -0.137. The van der Waals surface area contributed by atoms with Gasteiger partial charge in [0.25, 0.3) is 5.91 Å². The average molecular weight is 538 g/mol. The largest absolute Gasteiger partial charge is 0.456 e. The van der Waals surface area contributed by atoms with Gasteiger partial charge in [-0.1, -0.05) is 6.58 Å². The highest BCUT2D eigenvalue weighted by atomic mass is 19.4. The van der Waals surface area contributed by atoms with Gasteiger partial charge in [-0.25, -0.2) is 9.97 Å². The molecule has 0 spiro atoms. The minimum Gasteiger partial charge on any atom is -0.456 e. The van der Waals surface area contributed by atoms with Crippen molar-refractivity contribution in [3.8, 4) is 11.5 Å². The molecule has 200 valence electrons. The van der Waals surface area contributed by atoms with Crippen molar-refractivity contribution >= 4 is 34.5 Å². The van der Waals surface area contributed by atoms with Crippen LogP contribution in [0.3, 0.4) is 0 Å². The Hall–Kier alpha value is -4.94. The molecule has 3 N–H and O–H groups in total. The van der Waals surface area contributed by atoms with E-state index in [2.05, 4.69) is 37.4 Å². The van der Waals surface area contributed by atoms with Gasteiger partial charge in [0.1, 0.15) is 22.7 Å². The van der Waals surface area contributed by atoms with Crippen LogP contribution in [0.4, 0.5) is 24.8 Å². The van der Waals surface area contributed by atoms with E-state index in [4.69, 9.17) is 4.74 Å². The van der Waals surface area contributed by atoms with Crippen molar-refractivity contribution in [1.29, 1.82) is 0 Å². The molecule has 1 aliphatic heterocycles. The van der Waals surface area contributed by atoms with Crippen LogP contribution in [0, 0.1) is 0 Å². The van der Waals surface area contributed by atoms with E-state index in [9.17, 15) is 22.8 Å². The van der Waals surface area contributed by atoms with Crippen molar-refractivity contribution in [2.75, 3.05) is 23.7 Å².